The normalized spacial score (nSPS) is 27.2. The molecule has 1 saturated heterocycles. The number of aryl methyl sites for hydroxylation is 1. The average Bonchev–Trinajstić information content (AvgIpc) is 2.73. The minimum Gasteiger partial charge on any atom is -0.481 e. The number of likely N-dealkylation sites (tertiary alicyclic amines) is 1. The maximum atomic E-state index is 12.9. The summed E-state index contributed by atoms with van der Waals surface area (Å²) in [6.45, 7) is 2.56. The number of hydrogen-bond donors (Lipinski definition) is 3. The van der Waals surface area contributed by atoms with E-state index in [1.165, 1.54) is 12.0 Å². The van der Waals surface area contributed by atoms with Crippen molar-refractivity contribution in [2.24, 2.45) is 11.8 Å². The Kier molecular flexibility index (Phi) is 6.27. The van der Waals surface area contributed by atoms with Crippen LogP contribution in [0.25, 0.3) is 0 Å². The summed E-state index contributed by atoms with van der Waals surface area (Å²) in [6, 6.07) is 4.36. The molecule has 0 radical (unpaired) electrons. The minimum absolute atomic E-state index is 0.0796. The molecule has 4 rings (SSSR count). The molecule has 2 fully saturated rings. The summed E-state index contributed by atoms with van der Waals surface area (Å²) in [7, 11) is 0. The summed E-state index contributed by atoms with van der Waals surface area (Å²) < 4.78 is 0. The van der Waals surface area contributed by atoms with Gasteiger partial charge in [-0.3, -0.25) is 9.59 Å². The number of hydrogen-bond acceptors (Lipinski definition) is 5. The van der Waals surface area contributed by atoms with Crippen molar-refractivity contribution in [3.8, 4) is 0 Å². The van der Waals surface area contributed by atoms with Crippen LogP contribution in [-0.2, 0) is 22.4 Å². The van der Waals surface area contributed by atoms with Gasteiger partial charge in [0.05, 0.1) is 12.0 Å². The molecule has 0 unspecified atom stereocenters. The van der Waals surface area contributed by atoms with E-state index in [0.717, 1.165) is 56.8 Å². The van der Waals surface area contributed by atoms with Crippen molar-refractivity contribution in [2.45, 2.75) is 69.8 Å². The predicted octanol–water partition coefficient (Wildman–Crippen LogP) is 2.62. The molecule has 3 aliphatic rings. The molecular weight excluding hydrogens is 382 g/mol. The topological polar surface area (TPSA) is 103 Å². The van der Waals surface area contributed by atoms with E-state index in [-0.39, 0.29) is 18.2 Å². The lowest BCUT2D eigenvalue weighted by Gasteiger charge is -2.38. The van der Waals surface area contributed by atoms with Crippen molar-refractivity contribution in [1.82, 2.24) is 9.88 Å². The summed E-state index contributed by atoms with van der Waals surface area (Å²) in [5.74, 6) is 0.723. The number of fused-ring (bicyclic) bond motifs is 1. The zero-order chi connectivity index (χ0) is 21.1. The van der Waals surface area contributed by atoms with Gasteiger partial charge in [-0.15, -0.1) is 0 Å². The van der Waals surface area contributed by atoms with Gasteiger partial charge in [-0.25, -0.2) is 4.98 Å². The van der Waals surface area contributed by atoms with Gasteiger partial charge < -0.3 is 20.4 Å². The van der Waals surface area contributed by atoms with Gasteiger partial charge in [-0.05, 0) is 75.3 Å². The van der Waals surface area contributed by atoms with Gasteiger partial charge >= 0.3 is 5.97 Å². The maximum absolute atomic E-state index is 12.9. The second-order valence-electron chi connectivity index (χ2n) is 9.38. The van der Waals surface area contributed by atoms with E-state index in [4.69, 9.17) is 10.1 Å². The molecule has 1 aliphatic carbocycles. The van der Waals surface area contributed by atoms with Gasteiger partial charge in [0, 0.05) is 31.2 Å². The molecule has 1 amide bonds. The maximum Gasteiger partial charge on any atom is 0.306 e. The second-order valence-corrected chi connectivity index (χ2v) is 9.38. The third kappa shape index (κ3) is 4.94. The van der Waals surface area contributed by atoms with E-state index < -0.39 is 11.6 Å². The van der Waals surface area contributed by atoms with Crippen LogP contribution in [0.4, 0.5) is 5.82 Å². The fourth-order valence-corrected chi connectivity index (χ4v) is 5.25. The SMILES string of the molecule is O=C(O)CC1(O)CCC(C(=O)N2CCC(Cc3ccc4c(n3)NCCC4)CC2)CC1. The van der Waals surface area contributed by atoms with E-state index in [0.29, 0.717) is 31.6 Å². The van der Waals surface area contributed by atoms with Gasteiger partial charge in [-0.2, -0.15) is 0 Å². The molecule has 3 heterocycles. The lowest BCUT2D eigenvalue weighted by molar-refractivity contribution is -0.146. The third-order valence-corrected chi connectivity index (χ3v) is 7.12. The number of amides is 1. The number of nitrogens with one attached hydrogen (secondary N) is 1. The Bertz CT molecular complexity index is 781. The highest BCUT2D eigenvalue weighted by molar-refractivity contribution is 5.79. The highest BCUT2D eigenvalue weighted by Crippen LogP contribution is 2.36. The number of aromatic nitrogens is 1. The molecule has 0 bridgehead atoms. The molecule has 1 saturated carbocycles. The first kappa shape index (κ1) is 21.1. The first-order chi connectivity index (χ1) is 14.4. The summed E-state index contributed by atoms with van der Waals surface area (Å²) in [4.78, 5) is 30.6. The number of anilines is 1. The number of carboxylic acid groups (broad SMARTS) is 1. The van der Waals surface area contributed by atoms with Gasteiger partial charge in [0.1, 0.15) is 5.82 Å². The molecule has 0 atom stereocenters. The number of aliphatic carboxylic acids is 1. The smallest absolute Gasteiger partial charge is 0.306 e. The predicted molar refractivity (Wildman–Crippen MR) is 113 cm³/mol. The zero-order valence-corrected chi connectivity index (χ0v) is 17.6. The van der Waals surface area contributed by atoms with Gasteiger partial charge in [0.15, 0.2) is 0 Å². The molecule has 3 N–H and O–H groups in total. The minimum atomic E-state index is -1.15. The van der Waals surface area contributed by atoms with Crippen LogP contribution in [0.3, 0.4) is 0 Å². The highest BCUT2D eigenvalue weighted by Gasteiger charge is 2.39. The molecule has 30 heavy (non-hydrogen) atoms. The van der Waals surface area contributed by atoms with E-state index in [2.05, 4.69) is 17.4 Å². The highest BCUT2D eigenvalue weighted by atomic mass is 16.4. The Morgan fingerprint density at radius 3 is 2.60 bits per heavy atom. The Labute approximate surface area is 177 Å². The first-order valence-electron chi connectivity index (χ1n) is 11.4. The largest absolute Gasteiger partial charge is 0.481 e. The monoisotopic (exact) mass is 415 g/mol. The van der Waals surface area contributed by atoms with E-state index >= 15 is 0 Å². The number of rotatable bonds is 5. The van der Waals surface area contributed by atoms with E-state index in [1.807, 2.05) is 4.90 Å². The molecule has 1 aromatic heterocycles. The Balaban J connectivity index is 1.24. The lowest BCUT2D eigenvalue weighted by atomic mass is 9.76. The number of piperidine rings is 1. The number of nitrogens with zero attached hydrogens (tertiary/aromatic N) is 2. The van der Waals surface area contributed by atoms with Crippen LogP contribution in [-0.4, -0.2) is 57.2 Å². The standard InChI is InChI=1S/C23H33N3O4/c27-20(28)15-23(30)9-5-18(6-10-23)22(29)26-12-7-16(8-13-26)14-19-4-3-17-2-1-11-24-21(17)25-19/h3-4,16,18,30H,1-2,5-15H2,(H,24,25)(H,27,28). The molecule has 164 valence electrons. The van der Waals surface area contributed by atoms with Crippen LogP contribution in [0.5, 0.6) is 0 Å². The first-order valence-corrected chi connectivity index (χ1v) is 11.4. The second kappa shape index (κ2) is 8.92. The van der Waals surface area contributed by atoms with E-state index in [1.54, 1.807) is 0 Å². The van der Waals surface area contributed by atoms with Crippen LogP contribution in [0.15, 0.2) is 12.1 Å². The zero-order valence-electron chi connectivity index (χ0n) is 17.6. The van der Waals surface area contributed by atoms with Crippen LogP contribution in [0, 0.1) is 11.8 Å². The third-order valence-electron chi connectivity index (χ3n) is 7.12. The fourth-order valence-electron chi connectivity index (χ4n) is 5.25. The van der Waals surface area contributed by atoms with E-state index in [9.17, 15) is 14.7 Å². The van der Waals surface area contributed by atoms with Gasteiger partial charge in [0.2, 0.25) is 5.91 Å². The molecule has 7 heteroatoms. The summed E-state index contributed by atoms with van der Waals surface area (Å²) in [5, 5.41) is 22.7. The number of carbonyl (C=O) groups is 2. The molecular formula is C23H33N3O4. The van der Waals surface area contributed by atoms with Crippen LogP contribution in [0.1, 0.15) is 62.6 Å². The van der Waals surface area contributed by atoms with Crippen LogP contribution >= 0.6 is 0 Å². The van der Waals surface area contributed by atoms with Crippen molar-refractivity contribution in [3.05, 3.63) is 23.4 Å². The van der Waals surface area contributed by atoms with Gasteiger partial charge in [-0.1, -0.05) is 6.07 Å². The number of aliphatic hydroxyl groups is 1. The fraction of sp³-hybridized carbons (Fsp3) is 0.696. The van der Waals surface area contributed by atoms with Crippen molar-refractivity contribution >= 4 is 17.7 Å². The van der Waals surface area contributed by atoms with Crippen LogP contribution < -0.4 is 5.32 Å². The van der Waals surface area contributed by atoms with Gasteiger partial charge in [0.25, 0.3) is 0 Å². The van der Waals surface area contributed by atoms with Crippen molar-refractivity contribution in [3.63, 3.8) is 0 Å². The average molecular weight is 416 g/mol. The summed E-state index contributed by atoms with van der Waals surface area (Å²) >= 11 is 0. The molecule has 1 aromatic rings. The Hall–Kier alpha value is -2.15. The van der Waals surface area contributed by atoms with Crippen molar-refractivity contribution < 1.29 is 19.8 Å². The summed E-state index contributed by atoms with van der Waals surface area (Å²) in [6.07, 6.45) is 6.93. The number of carbonyl (C=O) groups excluding carboxylic acids is 1. The van der Waals surface area contributed by atoms with Crippen molar-refractivity contribution in [2.75, 3.05) is 25.0 Å². The lowest BCUT2D eigenvalue weighted by Crippen LogP contribution is -2.45. The Morgan fingerprint density at radius 2 is 1.90 bits per heavy atom. The summed E-state index contributed by atoms with van der Waals surface area (Å²) in [5.41, 5.74) is 1.30. The number of carboxylic acids is 1. The molecule has 0 aromatic carbocycles. The Morgan fingerprint density at radius 1 is 1.17 bits per heavy atom. The molecule has 0 spiro atoms. The van der Waals surface area contributed by atoms with Crippen LogP contribution in [0.2, 0.25) is 0 Å². The molecule has 2 aliphatic heterocycles. The quantitative estimate of drug-likeness (QED) is 0.683. The molecule has 7 nitrogen and oxygen atoms in total. The van der Waals surface area contributed by atoms with Crippen molar-refractivity contribution in [1.29, 1.82) is 0 Å². The number of pyridine rings is 1.